The van der Waals surface area contributed by atoms with Gasteiger partial charge in [-0.1, -0.05) is 49.7 Å². The van der Waals surface area contributed by atoms with Crippen LogP contribution in [-0.2, 0) is 6.42 Å². The van der Waals surface area contributed by atoms with E-state index in [1.54, 1.807) is 11.8 Å². The fraction of sp³-hybridized carbons (Fsp3) is 0.333. The predicted octanol–water partition coefficient (Wildman–Crippen LogP) is 5.33. The molecule has 112 valence electrons. The van der Waals surface area contributed by atoms with Gasteiger partial charge < -0.3 is 5.73 Å². The molecule has 1 nitrogen and oxygen atoms in total. The summed E-state index contributed by atoms with van der Waals surface area (Å²) in [6.07, 6.45) is 1.10. The van der Waals surface area contributed by atoms with Crippen LogP contribution in [0.4, 0.5) is 0 Å². The molecule has 1 atom stereocenters. The summed E-state index contributed by atoms with van der Waals surface area (Å²) in [7, 11) is 0. The lowest BCUT2D eigenvalue weighted by molar-refractivity contribution is 0.646. The molecule has 0 saturated carbocycles. The third kappa shape index (κ3) is 5.39. The highest BCUT2D eigenvalue weighted by molar-refractivity contribution is 7.99. The maximum Gasteiger partial charge on any atom is 0.0406 e. The SMILES string of the molecule is CC(C)Cc1cccc(C(N)CSc2ccc(Cl)cc2)c1. The minimum Gasteiger partial charge on any atom is -0.323 e. The van der Waals surface area contributed by atoms with Gasteiger partial charge in [-0.25, -0.2) is 0 Å². The number of nitrogens with two attached hydrogens (primary N) is 1. The Labute approximate surface area is 136 Å². The summed E-state index contributed by atoms with van der Waals surface area (Å²) in [5, 5.41) is 0.769. The van der Waals surface area contributed by atoms with E-state index >= 15 is 0 Å². The number of thioether (sulfide) groups is 1. The molecule has 0 spiro atoms. The Balaban J connectivity index is 1.96. The lowest BCUT2D eigenvalue weighted by atomic mass is 9.99. The molecule has 3 heteroatoms. The van der Waals surface area contributed by atoms with Gasteiger partial charge in [0.15, 0.2) is 0 Å². The summed E-state index contributed by atoms with van der Waals surface area (Å²) in [5.41, 5.74) is 8.91. The van der Waals surface area contributed by atoms with Crippen molar-refractivity contribution < 1.29 is 0 Å². The minimum atomic E-state index is 0.0535. The zero-order chi connectivity index (χ0) is 15.2. The van der Waals surface area contributed by atoms with E-state index in [1.165, 1.54) is 16.0 Å². The zero-order valence-corrected chi connectivity index (χ0v) is 14.1. The first-order chi connectivity index (χ1) is 10.0. The van der Waals surface area contributed by atoms with Gasteiger partial charge in [0.05, 0.1) is 0 Å². The third-order valence-corrected chi connectivity index (χ3v) is 4.65. The van der Waals surface area contributed by atoms with Crippen molar-refractivity contribution in [3.63, 3.8) is 0 Å². The molecule has 1 unspecified atom stereocenters. The second-order valence-electron chi connectivity index (χ2n) is 5.71. The van der Waals surface area contributed by atoms with Gasteiger partial charge in [-0.3, -0.25) is 0 Å². The summed E-state index contributed by atoms with van der Waals surface area (Å²) in [6, 6.07) is 16.6. The van der Waals surface area contributed by atoms with Gasteiger partial charge in [-0.15, -0.1) is 11.8 Å². The van der Waals surface area contributed by atoms with E-state index in [1.807, 2.05) is 24.3 Å². The van der Waals surface area contributed by atoms with Crippen molar-refractivity contribution in [2.75, 3.05) is 5.75 Å². The van der Waals surface area contributed by atoms with Crippen LogP contribution in [0.2, 0.25) is 5.02 Å². The van der Waals surface area contributed by atoms with Crippen molar-refractivity contribution in [3.8, 4) is 0 Å². The van der Waals surface area contributed by atoms with Crippen LogP contribution in [0.5, 0.6) is 0 Å². The highest BCUT2D eigenvalue weighted by Crippen LogP contribution is 2.25. The van der Waals surface area contributed by atoms with Gasteiger partial charge in [0.25, 0.3) is 0 Å². The lowest BCUT2D eigenvalue weighted by Crippen LogP contribution is -2.13. The molecule has 2 aromatic carbocycles. The Kier molecular flexibility index (Phi) is 6.16. The molecule has 0 aliphatic rings. The first-order valence-corrected chi connectivity index (χ1v) is 8.63. The predicted molar refractivity (Wildman–Crippen MR) is 94.1 cm³/mol. The fourth-order valence-electron chi connectivity index (χ4n) is 2.24. The summed E-state index contributed by atoms with van der Waals surface area (Å²) < 4.78 is 0. The summed E-state index contributed by atoms with van der Waals surface area (Å²) >= 11 is 7.66. The molecule has 0 amide bonds. The molecule has 0 radical (unpaired) electrons. The van der Waals surface area contributed by atoms with Crippen molar-refractivity contribution in [2.45, 2.75) is 31.2 Å². The van der Waals surface area contributed by atoms with Crippen molar-refractivity contribution in [3.05, 3.63) is 64.7 Å². The van der Waals surface area contributed by atoms with E-state index in [4.69, 9.17) is 17.3 Å². The van der Waals surface area contributed by atoms with Gasteiger partial charge in [-0.05, 0) is 47.7 Å². The zero-order valence-electron chi connectivity index (χ0n) is 12.6. The maximum absolute atomic E-state index is 6.33. The van der Waals surface area contributed by atoms with Crippen molar-refractivity contribution >= 4 is 23.4 Å². The van der Waals surface area contributed by atoms with E-state index in [0.717, 1.165) is 17.2 Å². The lowest BCUT2D eigenvalue weighted by Gasteiger charge is -2.14. The Morgan fingerprint density at radius 1 is 1.10 bits per heavy atom. The normalized spacial score (nSPS) is 12.6. The molecule has 2 aromatic rings. The maximum atomic E-state index is 6.33. The highest BCUT2D eigenvalue weighted by Gasteiger charge is 2.08. The molecule has 21 heavy (non-hydrogen) atoms. The van der Waals surface area contributed by atoms with Crippen LogP contribution in [0.25, 0.3) is 0 Å². The Morgan fingerprint density at radius 3 is 2.48 bits per heavy atom. The van der Waals surface area contributed by atoms with Crippen LogP contribution in [0.3, 0.4) is 0 Å². The summed E-state index contributed by atoms with van der Waals surface area (Å²) in [5.74, 6) is 1.53. The van der Waals surface area contributed by atoms with Crippen LogP contribution in [0.15, 0.2) is 53.4 Å². The standard InChI is InChI=1S/C18H22ClNS/c1-13(2)10-14-4-3-5-15(11-14)18(20)12-21-17-8-6-16(19)7-9-17/h3-9,11,13,18H,10,12,20H2,1-2H3. The Hall–Kier alpha value is -0.960. The molecule has 0 aromatic heterocycles. The molecule has 0 heterocycles. The highest BCUT2D eigenvalue weighted by atomic mass is 35.5. The van der Waals surface area contributed by atoms with Crippen LogP contribution in [0, 0.1) is 5.92 Å². The van der Waals surface area contributed by atoms with Gasteiger partial charge in [0.1, 0.15) is 0 Å². The molecular weight excluding hydrogens is 298 g/mol. The smallest absolute Gasteiger partial charge is 0.0406 e. The number of hydrogen-bond acceptors (Lipinski definition) is 2. The molecular formula is C18H22ClNS. The number of rotatable bonds is 6. The Bertz CT molecular complexity index is 566. The molecule has 0 bridgehead atoms. The van der Waals surface area contributed by atoms with E-state index in [2.05, 4.69) is 38.1 Å². The van der Waals surface area contributed by atoms with Gasteiger partial charge in [-0.2, -0.15) is 0 Å². The molecule has 2 N–H and O–H groups in total. The quantitative estimate of drug-likeness (QED) is 0.728. The largest absolute Gasteiger partial charge is 0.323 e. The van der Waals surface area contributed by atoms with Crippen LogP contribution in [-0.4, -0.2) is 5.75 Å². The van der Waals surface area contributed by atoms with Crippen LogP contribution in [0.1, 0.15) is 31.0 Å². The fourth-order valence-corrected chi connectivity index (χ4v) is 3.25. The second kappa shape index (κ2) is 7.88. The van der Waals surface area contributed by atoms with Gasteiger partial charge in [0, 0.05) is 21.7 Å². The molecule has 0 aliphatic heterocycles. The summed E-state index contributed by atoms with van der Waals surface area (Å²) in [4.78, 5) is 1.20. The Morgan fingerprint density at radius 2 is 1.81 bits per heavy atom. The van der Waals surface area contributed by atoms with E-state index in [0.29, 0.717) is 5.92 Å². The molecule has 0 saturated heterocycles. The van der Waals surface area contributed by atoms with Crippen LogP contribution < -0.4 is 5.73 Å². The second-order valence-corrected chi connectivity index (χ2v) is 7.24. The first-order valence-electron chi connectivity index (χ1n) is 7.27. The van der Waals surface area contributed by atoms with Crippen LogP contribution >= 0.6 is 23.4 Å². The number of hydrogen-bond donors (Lipinski definition) is 1. The molecule has 2 rings (SSSR count). The summed E-state index contributed by atoms with van der Waals surface area (Å²) in [6.45, 7) is 4.48. The van der Waals surface area contributed by atoms with E-state index in [9.17, 15) is 0 Å². The average Bonchev–Trinajstić information content (AvgIpc) is 2.46. The van der Waals surface area contributed by atoms with Gasteiger partial charge >= 0.3 is 0 Å². The average molecular weight is 320 g/mol. The topological polar surface area (TPSA) is 26.0 Å². The number of benzene rings is 2. The number of halogens is 1. The third-order valence-electron chi connectivity index (χ3n) is 3.27. The molecule has 0 aliphatic carbocycles. The molecule has 0 fully saturated rings. The first kappa shape index (κ1) is 16.4. The van der Waals surface area contributed by atoms with Crippen molar-refractivity contribution in [1.82, 2.24) is 0 Å². The van der Waals surface area contributed by atoms with Gasteiger partial charge in [0.2, 0.25) is 0 Å². The monoisotopic (exact) mass is 319 g/mol. The van der Waals surface area contributed by atoms with Crippen molar-refractivity contribution in [2.24, 2.45) is 11.7 Å². The van der Waals surface area contributed by atoms with E-state index in [-0.39, 0.29) is 6.04 Å². The minimum absolute atomic E-state index is 0.0535. The van der Waals surface area contributed by atoms with Crippen molar-refractivity contribution in [1.29, 1.82) is 0 Å². The van der Waals surface area contributed by atoms with E-state index < -0.39 is 0 Å².